The summed E-state index contributed by atoms with van der Waals surface area (Å²) < 4.78 is 0. The fraction of sp³-hybridized carbons (Fsp3) is 0.0714. The lowest BCUT2D eigenvalue weighted by Crippen LogP contribution is -2.04. The van der Waals surface area contributed by atoms with Gasteiger partial charge in [-0.15, -0.1) is 0 Å². The molecule has 0 spiro atoms. The van der Waals surface area contributed by atoms with Crippen LogP contribution in [0.4, 0.5) is 5.69 Å². The van der Waals surface area contributed by atoms with Gasteiger partial charge in [0.05, 0.1) is 5.56 Å². The first-order valence-electron chi connectivity index (χ1n) is 5.32. The van der Waals surface area contributed by atoms with E-state index >= 15 is 0 Å². The van der Waals surface area contributed by atoms with Crippen LogP contribution in [0, 0.1) is 0 Å². The molecule has 0 radical (unpaired) electrons. The predicted molar refractivity (Wildman–Crippen MR) is 67.0 cm³/mol. The molecule has 0 aliphatic carbocycles. The highest BCUT2D eigenvalue weighted by molar-refractivity contribution is 6.00. The fourth-order valence-electron chi connectivity index (χ4n) is 1.65. The van der Waals surface area contributed by atoms with E-state index in [1.54, 1.807) is 6.07 Å². The largest absolute Gasteiger partial charge is 0.507 e. The van der Waals surface area contributed by atoms with Crippen molar-refractivity contribution in [3.63, 3.8) is 0 Å². The highest BCUT2D eigenvalue weighted by Gasteiger charge is 2.11. The molecule has 17 heavy (non-hydrogen) atoms. The van der Waals surface area contributed by atoms with Crippen LogP contribution >= 0.6 is 0 Å². The third kappa shape index (κ3) is 2.64. The highest BCUT2D eigenvalue weighted by Crippen LogP contribution is 2.21. The van der Waals surface area contributed by atoms with Gasteiger partial charge in [0.25, 0.3) is 0 Å². The maximum atomic E-state index is 12.0. The van der Waals surface area contributed by atoms with Gasteiger partial charge in [-0.3, -0.25) is 4.79 Å². The van der Waals surface area contributed by atoms with Crippen molar-refractivity contribution < 1.29 is 9.90 Å². The monoisotopic (exact) mass is 227 g/mol. The minimum atomic E-state index is -0.138. The summed E-state index contributed by atoms with van der Waals surface area (Å²) in [7, 11) is 0. The van der Waals surface area contributed by atoms with Crippen molar-refractivity contribution in [1.82, 2.24) is 0 Å². The molecule has 2 rings (SSSR count). The number of benzene rings is 2. The number of nitrogens with two attached hydrogens (primary N) is 1. The molecule has 0 aliphatic heterocycles. The van der Waals surface area contributed by atoms with Crippen molar-refractivity contribution >= 4 is 11.5 Å². The van der Waals surface area contributed by atoms with Gasteiger partial charge in [-0.2, -0.15) is 0 Å². The van der Waals surface area contributed by atoms with Gasteiger partial charge in [0, 0.05) is 12.1 Å². The summed E-state index contributed by atoms with van der Waals surface area (Å²) in [5, 5.41) is 9.61. The van der Waals surface area contributed by atoms with Crippen LogP contribution < -0.4 is 5.73 Å². The van der Waals surface area contributed by atoms with E-state index in [4.69, 9.17) is 5.73 Å². The van der Waals surface area contributed by atoms with Crippen molar-refractivity contribution in [3.05, 3.63) is 59.7 Å². The zero-order chi connectivity index (χ0) is 12.3. The molecule has 86 valence electrons. The van der Waals surface area contributed by atoms with Gasteiger partial charge in [-0.05, 0) is 23.8 Å². The number of carbonyl (C=O) groups is 1. The van der Waals surface area contributed by atoms with Gasteiger partial charge in [0.2, 0.25) is 0 Å². The number of rotatable bonds is 3. The second-order valence-corrected chi connectivity index (χ2v) is 3.86. The Kier molecular flexibility index (Phi) is 3.10. The highest BCUT2D eigenvalue weighted by atomic mass is 16.3. The summed E-state index contributed by atoms with van der Waals surface area (Å²) in [5.74, 6) is -0.166. The molecule has 0 saturated carbocycles. The van der Waals surface area contributed by atoms with Gasteiger partial charge in [-0.1, -0.05) is 30.3 Å². The summed E-state index contributed by atoms with van der Waals surface area (Å²) in [5.41, 5.74) is 7.25. The molecule has 0 atom stereocenters. The molecule has 0 saturated heterocycles. The number of nitrogen functional groups attached to an aromatic ring is 1. The van der Waals surface area contributed by atoms with Gasteiger partial charge < -0.3 is 10.8 Å². The van der Waals surface area contributed by atoms with Crippen LogP contribution in [0.15, 0.2) is 48.5 Å². The molecule has 0 unspecified atom stereocenters. The molecular weight excluding hydrogens is 214 g/mol. The Morgan fingerprint density at radius 1 is 1.12 bits per heavy atom. The van der Waals surface area contributed by atoms with E-state index in [0.717, 1.165) is 5.56 Å². The van der Waals surface area contributed by atoms with E-state index in [2.05, 4.69) is 0 Å². The van der Waals surface area contributed by atoms with Crippen molar-refractivity contribution in [2.75, 3.05) is 5.73 Å². The van der Waals surface area contributed by atoms with Crippen LogP contribution in [0.1, 0.15) is 15.9 Å². The molecular formula is C14H13NO2. The van der Waals surface area contributed by atoms with Gasteiger partial charge in [-0.25, -0.2) is 0 Å². The van der Waals surface area contributed by atoms with E-state index in [1.807, 2.05) is 30.3 Å². The Bertz CT molecular complexity index is 535. The first-order valence-corrected chi connectivity index (χ1v) is 5.32. The molecule has 3 N–H and O–H groups in total. The van der Waals surface area contributed by atoms with Crippen molar-refractivity contribution in [1.29, 1.82) is 0 Å². The van der Waals surface area contributed by atoms with Gasteiger partial charge in [0.15, 0.2) is 5.78 Å². The minimum Gasteiger partial charge on any atom is -0.507 e. The minimum absolute atomic E-state index is 0.0277. The zero-order valence-corrected chi connectivity index (χ0v) is 9.26. The number of phenols is 1. The standard InChI is InChI=1S/C14H13NO2/c15-11-6-7-13(16)12(9-11)14(17)8-10-4-2-1-3-5-10/h1-7,9,16H,8,15H2. The Balaban J connectivity index is 2.23. The number of phenolic OH excluding ortho intramolecular Hbond substituents is 1. The molecule has 0 aliphatic rings. The van der Waals surface area contributed by atoms with E-state index in [0.29, 0.717) is 5.69 Å². The van der Waals surface area contributed by atoms with E-state index in [1.165, 1.54) is 12.1 Å². The molecule has 0 heterocycles. The van der Waals surface area contributed by atoms with Crippen molar-refractivity contribution in [2.24, 2.45) is 0 Å². The van der Waals surface area contributed by atoms with Crippen molar-refractivity contribution in [3.8, 4) is 5.75 Å². The Labute approximate surface area is 99.5 Å². The average molecular weight is 227 g/mol. The Morgan fingerprint density at radius 2 is 1.82 bits per heavy atom. The second kappa shape index (κ2) is 4.70. The smallest absolute Gasteiger partial charge is 0.171 e. The van der Waals surface area contributed by atoms with Crippen molar-refractivity contribution in [2.45, 2.75) is 6.42 Å². The molecule has 0 fully saturated rings. The summed E-state index contributed by atoms with van der Waals surface area (Å²) in [4.78, 5) is 12.0. The third-order valence-corrected chi connectivity index (χ3v) is 2.53. The first-order chi connectivity index (χ1) is 8.16. The summed E-state index contributed by atoms with van der Waals surface area (Å²) in [6.07, 6.45) is 0.262. The number of hydrogen-bond donors (Lipinski definition) is 2. The SMILES string of the molecule is Nc1ccc(O)c(C(=O)Cc2ccccc2)c1. The van der Waals surface area contributed by atoms with Crippen LogP contribution in [0.25, 0.3) is 0 Å². The quantitative estimate of drug-likeness (QED) is 0.481. The summed E-state index contributed by atoms with van der Waals surface area (Å²) >= 11 is 0. The van der Waals surface area contributed by atoms with Gasteiger partial charge in [0.1, 0.15) is 5.75 Å². The number of ketones is 1. The molecule has 0 bridgehead atoms. The molecule has 2 aromatic carbocycles. The predicted octanol–water partition coefficient (Wildman–Crippen LogP) is 2.40. The molecule has 2 aromatic rings. The third-order valence-electron chi connectivity index (χ3n) is 2.53. The lowest BCUT2D eigenvalue weighted by molar-refractivity contribution is 0.0990. The van der Waals surface area contributed by atoms with Crippen LogP contribution in [0.5, 0.6) is 5.75 Å². The first kappa shape index (κ1) is 11.2. The summed E-state index contributed by atoms with van der Waals surface area (Å²) in [6.45, 7) is 0. The van der Waals surface area contributed by atoms with Crippen LogP contribution in [0.3, 0.4) is 0 Å². The van der Waals surface area contributed by atoms with E-state index in [-0.39, 0.29) is 23.5 Å². The van der Waals surface area contributed by atoms with Crippen LogP contribution in [-0.4, -0.2) is 10.9 Å². The number of aromatic hydroxyl groups is 1. The molecule has 3 nitrogen and oxygen atoms in total. The number of anilines is 1. The lowest BCUT2D eigenvalue weighted by Gasteiger charge is -2.05. The summed E-state index contributed by atoms with van der Waals surface area (Å²) in [6, 6.07) is 13.9. The lowest BCUT2D eigenvalue weighted by atomic mass is 10.0. The topological polar surface area (TPSA) is 63.3 Å². The zero-order valence-electron chi connectivity index (χ0n) is 9.26. The van der Waals surface area contributed by atoms with E-state index in [9.17, 15) is 9.90 Å². The van der Waals surface area contributed by atoms with Crippen LogP contribution in [0.2, 0.25) is 0 Å². The fourth-order valence-corrected chi connectivity index (χ4v) is 1.65. The van der Waals surface area contributed by atoms with Gasteiger partial charge >= 0.3 is 0 Å². The number of Topliss-reactive ketones (excluding diaryl/α,β-unsaturated/α-hetero) is 1. The molecule has 0 amide bonds. The number of hydrogen-bond acceptors (Lipinski definition) is 3. The van der Waals surface area contributed by atoms with Crippen LogP contribution in [-0.2, 0) is 6.42 Å². The second-order valence-electron chi connectivity index (χ2n) is 3.86. The van der Waals surface area contributed by atoms with E-state index < -0.39 is 0 Å². The Hall–Kier alpha value is -2.29. The molecule has 3 heteroatoms. The normalized spacial score (nSPS) is 10.1. The number of carbonyl (C=O) groups excluding carboxylic acids is 1. The molecule has 0 aromatic heterocycles. The maximum absolute atomic E-state index is 12.0. The average Bonchev–Trinajstić information content (AvgIpc) is 2.33. The Morgan fingerprint density at radius 3 is 2.53 bits per heavy atom. The maximum Gasteiger partial charge on any atom is 0.171 e.